The maximum absolute atomic E-state index is 14.2. The van der Waals surface area contributed by atoms with E-state index in [1.807, 2.05) is 36.4 Å². The van der Waals surface area contributed by atoms with Gasteiger partial charge in [-0.25, -0.2) is 5.84 Å². The van der Waals surface area contributed by atoms with Crippen molar-refractivity contribution in [3.8, 4) is 0 Å². The molecule has 0 radical (unpaired) electrons. The molecule has 186 valence electrons. The Balaban J connectivity index is 1.79. The quantitative estimate of drug-likeness (QED) is 0.100. The van der Waals surface area contributed by atoms with Crippen molar-refractivity contribution < 1.29 is 23.0 Å². The van der Waals surface area contributed by atoms with Gasteiger partial charge in [0.25, 0.3) is 0 Å². The molecule has 0 fully saturated rings. The van der Waals surface area contributed by atoms with Crippen molar-refractivity contribution in [3.63, 3.8) is 0 Å². The van der Waals surface area contributed by atoms with Gasteiger partial charge >= 0.3 is 6.18 Å². The topological polar surface area (TPSA) is 100 Å². The number of anilines is 1. The Morgan fingerprint density at radius 1 is 0.971 bits per heavy atom. The molecule has 35 heavy (non-hydrogen) atoms. The van der Waals surface area contributed by atoms with Crippen LogP contribution in [0.4, 0.5) is 18.9 Å². The van der Waals surface area contributed by atoms with Crippen LogP contribution in [0.5, 0.6) is 0 Å². The number of hydrogen-bond acceptors (Lipinski definition) is 7. The van der Waals surface area contributed by atoms with E-state index in [0.29, 0.717) is 10.7 Å². The molecule has 0 heterocycles. The van der Waals surface area contributed by atoms with E-state index in [2.05, 4.69) is 5.10 Å². The number of ether oxygens (including phenoxy) is 1. The molecule has 3 aromatic rings. The third-order valence-electron chi connectivity index (χ3n) is 5.10. The number of hydrazone groups is 1. The predicted molar refractivity (Wildman–Crippen MR) is 131 cm³/mol. The summed E-state index contributed by atoms with van der Waals surface area (Å²) in [4.78, 5) is 0.956. The third kappa shape index (κ3) is 6.25. The molecular weight excluding hydrogens is 479 g/mol. The second kappa shape index (κ2) is 11.5. The van der Waals surface area contributed by atoms with Crippen LogP contribution >= 0.6 is 11.9 Å². The molecule has 3 rings (SSSR count). The second-order valence-electron chi connectivity index (χ2n) is 7.54. The van der Waals surface area contributed by atoms with Crippen LogP contribution in [0.1, 0.15) is 11.1 Å². The van der Waals surface area contributed by atoms with Gasteiger partial charge in [-0.15, -0.1) is 0 Å². The van der Waals surface area contributed by atoms with Crippen LogP contribution in [0, 0.1) is 0 Å². The standard InChI is InChI=1S/C24H26F3N5O2S/c1-31(35-21-10-6-3-7-11-21)20-14-12-19(13-15-20)23(33,24(25,26)27)22(30-28)32(29)17-34-16-18-8-4-2-5-9-18/h2-15,33H,16-17,28-29H2,1H3/b30-22-. The first kappa shape index (κ1) is 26.4. The number of nitrogens with two attached hydrogens (primary N) is 2. The third-order valence-corrected chi connectivity index (χ3v) is 6.07. The van der Waals surface area contributed by atoms with Gasteiger partial charge in [-0.1, -0.05) is 60.7 Å². The first-order valence-corrected chi connectivity index (χ1v) is 11.2. The predicted octanol–water partition coefficient (Wildman–Crippen LogP) is 4.20. The molecular formula is C24H26F3N5O2S. The Hall–Kier alpha value is -3.25. The molecule has 0 spiro atoms. The number of hydrazine groups is 1. The molecule has 1 unspecified atom stereocenters. The van der Waals surface area contributed by atoms with Gasteiger partial charge in [-0.05, 0) is 41.8 Å². The van der Waals surface area contributed by atoms with Gasteiger partial charge in [-0.2, -0.15) is 18.3 Å². The monoisotopic (exact) mass is 505 g/mol. The highest BCUT2D eigenvalue weighted by Gasteiger charge is 2.60. The second-order valence-corrected chi connectivity index (χ2v) is 8.74. The summed E-state index contributed by atoms with van der Waals surface area (Å²) in [6.07, 6.45) is -5.17. The number of rotatable bonds is 9. The lowest BCUT2D eigenvalue weighted by molar-refractivity contribution is -0.239. The largest absolute Gasteiger partial charge is 0.428 e. The highest BCUT2D eigenvalue weighted by Crippen LogP contribution is 2.41. The van der Waals surface area contributed by atoms with Crippen molar-refractivity contribution in [3.05, 3.63) is 96.1 Å². The fourth-order valence-electron chi connectivity index (χ4n) is 3.30. The van der Waals surface area contributed by atoms with Gasteiger partial charge < -0.3 is 20.0 Å². The van der Waals surface area contributed by atoms with Gasteiger partial charge in [0, 0.05) is 23.2 Å². The fraction of sp³-hybridized carbons (Fsp3) is 0.208. The Morgan fingerprint density at radius 2 is 1.54 bits per heavy atom. The van der Waals surface area contributed by atoms with Crippen LogP contribution < -0.4 is 16.0 Å². The SMILES string of the molecule is CN(Sc1ccccc1)c1ccc(C(O)(/C(=N/N)N(N)COCc2ccccc2)C(F)(F)F)cc1. The van der Waals surface area contributed by atoms with Crippen LogP contribution in [0.2, 0.25) is 0 Å². The minimum atomic E-state index is -5.17. The summed E-state index contributed by atoms with van der Waals surface area (Å²) >= 11 is 1.40. The van der Waals surface area contributed by atoms with E-state index in [4.69, 9.17) is 16.4 Å². The molecule has 5 N–H and O–H groups in total. The van der Waals surface area contributed by atoms with E-state index in [0.717, 1.165) is 22.6 Å². The first-order chi connectivity index (χ1) is 16.7. The van der Waals surface area contributed by atoms with Crippen LogP contribution in [-0.2, 0) is 16.9 Å². The summed E-state index contributed by atoms with van der Waals surface area (Å²) in [6.45, 7) is -0.394. The molecule has 11 heteroatoms. The summed E-state index contributed by atoms with van der Waals surface area (Å²) in [5.41, 5.74) is -2.63. The lowest BCUT2D eigenvalue weighted by Gasteiger charge is -2.35. The average molecular weight is 506 g/mol. The number of halogens is 3. The summed E-state index contributed by atoms with van der Waals surface area (Å²) < 4.78 is 49.8. The zero-order valence-electron chi connectivity index (χ0n) is 18.9. The summed E-state index contributed by atoms with van der Waals surface area (Å²) in [6, 6.07) is 23.7. The molecule has 1 atom stereocenters. The van der Waals surface area contributed by atoms with Crippen LogP contribution in [0.25, 0.3) is 0 Å². The van der Waals surface area contributed by atoms with Crippen molar-refractivity contribution in [1.29, 1.82) is 0 Å². The van der Waals surface area contributed by atoms with Gasteiger partial charge in [0.05, 0.1) is 6.61 Å². The number of nitrogens with zero attached hydrogens (tertiary/aromatic N) is 3. The Kier molecular flexibility index (Phi) is 8.62. The first-order valence-electron chi connectivity index (χ1n) is 10.5. The molecule has 0 saturated carbocycles. The molecule has 0 saturated heterocycles. The highest BCUT2D eigenvalue weighted by atomic mass is 32.2. The van der Waals surface area contributed by atoms with Gasteiger partial charge in [-0.3, -0.25) is 5.01 Å². The number of hydrogen-bond donors (Lipinski definition) is 3. The molecule has 0 bridgehead atoms. The normalized spacial score (nSPS) is 13.8. The highest BCUT2D eigenvalue weighted by molar-refractivity contribution is 8.00. The van der Waals surface area contributed by atoms with Crippen molar-refractivity contribution >= 4 is 23.5 Å². The van der Waals surface area contributed by atoms with Gasteiger partial charge in [0.1, 0.15) is 6.73 Å². The lowest BCUT2D eigenvalue weighted by atomic mass is 9.91. The maximum atomic E-state index is 14.2. The van der Waals surface area contributed by atoms with Crippen molar-refractivity contribution in [1.82, 2.24) is 5.01 Å². The number of aliphatic hydroxyl groups is 1. The van der Waals surface area contributed by atoms with Gasteiger partial charge in [0.15, 0.2) is 5.84 Å². The summed E-state index contributed by atoms with van der Waals surface area (Å²) in [5, 5.41) is 14.6. The van der Waals surface area contributed by atoms with Crippen LogP contribution in [0.3, 0.4) is 0 Å². The molecule has 0 aliphatic heterocycles. The molecule has 3 aromatic carbocycles. The fourth-order valence-corrected chi connectivity index (χ4v) is 4.12. The Labute approximate surface area is 205 Å². The molecule has 7 nitrogen and oxygen atoms in total. The Bertz CT molecular complexity index is 1100. The van der Waals surface area contributed by atoms with E-state index in [9.17, 15) is 18.3 Å². The number of amidine groups is 1. The minimum absolute atomic E-state index is 0.0942. The zero-order chi connectivity index (χ0) is 25.5. The van der Waals surface area contributed by atoms with Gasteiger partial charge in [0.2, 0.25) is 5.60 Å². The van der Waals surface area contributed by atoms with E-state index in [1.165, 1.54) is 24.1 Å². The van der Waals surface area contributed by atoms with E-state index < -0.39 is 29.9 Å². The van der Waals surface area contributed by atoms with Crippen molar-refractivity contribution in [2.75, 3.05) is 18.1 Å². The summed E-state index contributed by atoms with van der Waals surface area (Å²) in [5.74, 6) is 10.1. The van der Waals surface area contributed by atoms with Crippen LogP contribution in [-0.4, -0.2) is 35.9 Å². The molecule has 0 aromatic heterocycles. The number of alkyl halides is 3. The maximum Gasteiger partial charge on any atom is 0.428 e. The number of benzene rings is 3. The lowest BCUT2D eigenvalue weighted by Crippen LogP contribution is -2.58. The van der Waals surface area contributed by atoms with E-state index in [-0.39, 0.29) is 6.61 Å². The Morgan fingerprint density at radius 3 is 2.09 bits per heavy atom. The minimum Gasteiger partial charge on any atom is -0.370 e. The molecule has 0 aliphatic carbocycles. The van der Waals surface area contributed by atoms with E-state index >= 15 is 0 Å². The van der Waals surface area contributed by atoms with Crippen molar-refractivity contribution in [2.24, 2.45) is 16.8 Å². The molecule has 0 amide bonds. The molecule has 0 aliphatic rings. The average Bonchev–Trinajstić information content (AvgIpc) is 2.85. The smallest absolute Gasteiger partial charge is 0.370 e. The van der Waals surface area contributed by atoms with E-state index in [1.54, 1.807) is 35.6 Å². The zero-order valence-corrected chi connectivity index (χ0v) is 19.7. The van der Waals surface area contributed by atoms with Crippen LogP contribution in [0.15, 0.2) is 94.9 Å². The summed E-state index contributed by atoms with van der Waals surface area (Å²) in [7, 11) is 1.78. The van der Waals surface area contributed by atoms with Crippen molar-refractivity contribution in [2.45, 2.75) is 23.3 Å².